The van der Waals surface area contributed by atoms with E-state index in [0.717, 1.165) is 18.0 Å². The van der Waals surface area contributed by atoms with Crippen molar-refractivity contribution in [2.24, 2.45) is 0 Å². The number of aromatic nitrogens is 1. The molecule has 0 amide bonds. The number of rotatable bonds is 3. The zero-order chi connectivity index (χ0) is 8.10. The summed E-state index contributed by atoms with van der Waals surface area (Å²) in [7, 11) is 1.90. The molecule has 1 heterocycles. The Morgan fingerprint density at radius 3 is 3.09 bits per heavy atom. The quantitative estimate of drug-likeness (QED) is 0.707. The average molecular weight is 152 g/mol. The van der Waals surface area contributed by atoms with Gasteiger partial charge in [-0.25, -0.2) is 0 Å². The van der Waals surface area contributed by atoms with Crippen LogP contribution in [0.3, 0.4) is 0 Å². The van der Waals surface area contributed by atoms with E-state index in [2.05, 4.69) is 10.5 Å². The van der Waals surface area contributed by atoms with Crippen molar-refractivity contribution < 1.29 is 4.52 Å². The maximum Gasteiger partial charge on any atom is 0.159 e. The highest BCUT2D eigenvalue weighted by Gasteiger charge is 1.92. The summed E-state index contributed by atoms with van der Waals surface area (Å²) in [5.41, 5.74) is 0.911. The van der Waals surface area contributed by atoms with Crippen molar-refractivity contribution in [1.29, 1.82) is 0 Å². The van der Waals surface area contributed by atoms with Crippen molar-refractivity contribution in [3.8, 4) is 0 Å². The van der Waals surface area contributed by atoms with Crippen LogP contribution in [0.2, 0.25) is 0 Å². The highest BCUT2D eigenvalue weighted by Crippen LogP contribution is 2.03. The molecule has 1 aromatic rings. The Labute approximate surface area is 66.1 Å². The van der Waals surface area contributed by atoms with E-state index in [1.807, 2.05) is 32.2 Å². The molecule has 1 N–H and O–H groups in total. The molecule has 0 atom stereocenters. The molecule has 3 heteroatoms. The molecule has 0 fully saturated rings. The molecule has 0 saturated heterocycles. The number of nitrogens with zero attached hydrogens (tertiary/aromatic N) is 1. The van der Waals surface area contributed by atoms with E-state index < -0.39 is 0 Å². The summed E-state index contributed by atoms with van der Waals surface area (Å²) in [4.78, 5) is 0. The Kier molecular flexibility index (Phi) is 2.86. The molecule has 0 aromatic carbocycles. The monoisotopic (exact) mass is 152 g/mol. The van der Waals surface area contributed by atoms with Crippen LogP contribution in [0.4, 0.5) is 0 Å². The molecular weight excluding hydrogens is 140 g/mol. The second-order valence-electron chi connectivity index (χ2n) is 2.33. The molecule has 11 heavy (non-hydrogen) atoms. The highest BCUT2D eigenvalue weighted by molar-refractivity contribution is 5.42. The zero-order valence-corrected chi connectivity index (χ0v) is 6.79. The van der Waals surface area contributed by atoms with Crippen LogP contribution < -0.4 is 5.32 Å². The van der Waals surface area contributed by atoms with Gasteiger partial charge < -0.3 is 9.84 Å². The maximum atomic E-state index is 4.95. The lowest BCUT2D eigenvalue weighted by Crippen LogP contribution is -2.03. The molecule has 0 saturated carbocycles. The van der Waals surface area contributed by atoms with Gasteiger partial charge in [-0.15, -0.1) is 0 Å². The summed E-state index contributed by atoms with van der Waals surface area (Å²) in [6, 6.07) is 1.90. The smallest absolute Gasteiger partial charge is 0.159 e. The number of hydrogen-bond donors (Lipinski definition) is 1. The molecule has 0 aliphatic rings. The SMILES string of the molecule is CNC/C=C/c1cc(C)no1. The summed E-state index contributed by atoms with van der Waals surface area (Å²) in [6.07, 6.45) is 3.89. The lowest BCUT2D eigenvalue weighted by atomic mass is 10.3. The Morgan fingerprint density at radius 1 is 1.73 bits per heavy atom. The second-order valence-corrected chi connectivity index (χ2v) is 2.33. The van der Waals surface area contributed by atoms with Crippen LogP contribution in [-0.2, 0) is 0 Å². The lowest BCUT2D eigenvalue weighted by Gasteiger charge is -1.84. The number of nitrogens with one attached hydrogen (secondary N) is 1. The topological polar surface area (TPSA) is 38.1 Å². The molecule has 60 valence electrons. The van der Waals surface area contributed by atoms with Crippen molar-refractivity contribution >= 4 is 6.08 Å². The third kappa shape index (κ3) is 2.55. The Hall–Kier alpha value is -1.09. The lowest BCUT2D eigenvalue weighted by molar-refractivity contribution is 0.408. The first-order chi connectivity index (χ1) is 5.33. The summed E-state index contributed by atoms with van der Waals surface area (Å²) < 4.78 is 4.95. The van der Waals surface area contributed by atoms with Gasteiger partial charge in [-0.3, -0.25) is 0 Å². The molecule has 0 radical (unpaired) electrons. The number of hydrogen-bond acceptors (Lipinski definition) is 3. The Morgan fingerprint density at radius 2 is 2.55 bits per heavy atom. The van der Waals surface area contributed by atoms with Gasteiger partial charge in [0.25, 0.3) is 0 Å². The molecule has 0 unspecified atom stereocenters. The zero-order valence-electron chi connectivity index (χ0n) is 6.79. The minimum absolute atomic E-state index is 0.803. The van der Waals surface area contributed by atoms with Crippen molar-refractivity contribution in [2.45, 2.75) is 6.92 Å². The predicted octanol–water partition coefficient (Wildman–Crippen LogP) is 1.22. The van der Waals surface area contributed by atoms with Crippen LogP contribution in [0, 0.1) is 6.92 Å². The third-order valence-corrected chi connectivity index (χ3v) is 1.25. The molecular formula is C8H12N2O. The largest absolute Gasteiger partial charge is 0.357 e. The van der Waals surface area contributed by atoms with E-state index in [1.54, 1.807) is 0 Å². The summed E-state index contributed by atoms with van der Waals surface area (Å²) in [6.45, 7) is 2.75. The van der Waals surface area contributed by atoms with Crippen LogP contribution in [0.25, 0.3) is 6.08 Å². The Balaban J connectivity index is 2.50. The predicted molar refractivity (Wildman–Crippen MR) is 44.2 cm³/mol. The van der Waals surface area contributed by atoms with Gasteiger partial charge in [0.1, 0.15) is 0 Å². The number of aryl methyl sites for hydroxylation is 1. The third-order valence-electron chi connectivity index (χ3n) is 1.25. The highest BCUT2D eigenvalue weighted by atomic mass is 16.5. The van der Waals surface area contributed by atoms with Crippen LogP contribution >= 0.6 is 0 Å². The van der Waals surface area contributed by atoms with E-state index >= 15 is 0 Å². The van der Waals surface area contributed by atoms with E-state index in [0.29, 0.717) is 0 Å². The standard InChI is InChI=1S/C8H12N2O/c1-7-6-8(11-10-7)4-3-5-9-2/h3-4,6,9H,5H2,1-2H3/b4-3+. The van der Waals surface area contributed by atoms with Gasteiger partial charge in [-0.1, -0.05) is 11.2 Å². The van der Waals surface area contributed by atoms with Gasteiger partial charge in [-0.2, -0.15) is 0 Å². The Bertz CT molecular complexity index is 240. The van der Waals surface area contributed by atoms with Crippen LogP contribution in [-0.4, -0.2) is 18.7 Å². The first kappa shape index (κ1) is 8.01. The first-order valence-electron chi connectivity index (χ1n) is 3.57. The molecule has 0 bridgehead atoms. The maximum absolute atomic E-state index is 4.95. The van der Waals surface area contributed by atoms with Gasteiger partial charge in [0.2, 0.25) is 0 Å². The van der Waals surface area contributed by atoms with Crippen LogP contribution in [0.5, 0.6) is 0 Å². The van der Waals surface area contributed by atoms with E-state index in [4.69, 9.17) is 4.52 Å². The van der Waals surface area contributed by atoms with Crippen molar-refractivity contribution in [3.05, 3.63) is 23.6 Å². The van der Waals surface area contributed by atoms with Crippen molar-refractivity contribution in [1.82, 2.24) is 10.5 Å². The van der Waals surface area contributed by atoms with Gasteiger partial charge >= 0.3 is 0 Å². The summed E-state index contributed by atoms with van der Waals surface area (Å²) >= 11 is 0. The van der Waals surface area contributed by atoms with Gasteiger partial charge in [-0.05, 0) is 20.0 Å². The normalized spacial score (nSPS) is 11.1. The van der Waals surface area contributed by atoms with Gasteiger partial charge in [0.15, 0.2) is 5.76 Å². The number of likely N-dealkylation sites (N-methyl/N-ethyl adjacent to an activating group) is 1. The second kappa shape index (κ2) is 3.93. The molecule has 0 spiro atoms. The molecule has 0 aliphatic carbocycles. The van der Waals surface area contributed by atoms with Crippen molar-refractivity contribution in [2.75, 3.05) is 13.6 Å². The molecule has 1 aromatic heterocycles. The van der Waals surface area contributed by atoms with Crippen molar-refractivity contribution in [3.63, 3.8) is 0 Å². The molecule has 1 rings (SSSR count). The van der Waals surface area contributed by atoms with E-state index in [9.17, 15) is 0 Å². The first-order valence-corrected chi connectivity index (χ1v) is 3.57. The average Bonchev–Trinajstić information content (AvgIpc) is 2.37. The van der Waals surface area contributed by atoms with E-state index in [-0.39, 0.29) is 0 Å². The fourth-order valence-electron chi connectivity index (χ4n) is 0.755. The molecule has 0 aliphatic heterocycles. The van der Waals surface area contributed by atoms with Crippen LogP contribution in [0.1, 0.15) is 11.5 Å². The summed E-state index contributed by atoms with van der Waals surface area (Å²) in [5.74, 6) is 0.803. The van der Waals surface area contributed by atoms with Gasteiger partial charge in [0.05, 0.1) is 5.69 Å². The fourth-order valence-corrected chi connectivity index (χ4v) is 0.755. The van der Waals surface area contributed by atoms with Crippen LogP contribution in [0.15, 0.2) is 16.7 Å². The minimum atomic E-state index is 0.803. The fraction of sp³-hybridized carbons (Fsp3) is 0.375. The summed E-state index contributed by atoms with van der Waals surface area (Å²) in [5, 5.41) is 6.74. The van der Waals surface area contributed by atoms with Gasteiger partial charge in [0, 0.05) is 12.6 Å². The molecule has 3 nitrogen and oxygen atoms in total. The van der Waals surface area contributed by atoms with E-state index in [1.165, 1.54) is 0 Å². The minimum Gasteiger partial charge on any atom is -0.357 e.